The molecule has 2 unspecified atom stereocenters. The molecule has 1 aliphatic rings. The Labute approximate surface area is 111 Å². The molecule has 0 radical (unpaired) electrons. The first-order chi connectivity index (χ1) is 9.11. The van der Waals surface area contributed by atoms with Crippen LogP contribution in [0.25, 0.3) is 0 Å². The molecule has 1 aromatic carbocycles. The second-order valence-electron chi connectivity index (χ2n) is 4.66. The zero-order valence-corrected chi connectivity index (χ0v) is 10.7. The topological polar surface area (TPSA) is 79.1 Å². The van der Waals surface area contributed by atoms with Crippen LogP contribution in [-0.2, 0) is 9.63 Å². The Hall–Kier alpha value is -2.04. The first kappa shape index (κ1) is 13.4. The van der Waals surface area contributed by atoms with E-state index in [2.05, 4.69) is 5.16 Å². The third kappa shape index (κ3) is 3.05. The molecule has 2 atom stereocenters. The number of carboxylic acid groups (broad SMARTS) is 1. The summed E-state index contributed by atoms with van der Waals surface area (Å²) < 4.78 is 0. The minimum atomic E-state index is -0.881. The van der Waals surface area contributed by atoms with Gasteiger partial charge in [0.2, 0.25) is 0 Å². The van der Waals surface area contributed by atoms with Gasteiger partial charge < -0.3 is 15.1 Å². The van der Waals surface area contributed by atoms with Crippen LogP contribution >= 0.6 is 0 Å². The Morgan fingerprint density at radius 3 is 2.63 bits per heavy atom. The average Bonchev–Trinajstić information content (AvgIpc) is 2.73. The van der Waals surface area contributed by atoms with Gasteiger partial charge in [-0.1, -0.05) is 18.5 Å². The maximum atomic E-state index is 10.8. The van der Waals surface area contributed by atoms with Gasteiger partial charge in [-0.05, 0) is 36.2 Å². The summed E-state index contributed by atoms with van der Waals surface area (Å²) in [5.41, 5.74) is 1.64. The molecule has 0 fully saturated rings. The first-order valence-electron chi connectivity index (χ1n) is 6.36. The van der Waals surface area contributed by atoms with E-state index in [1.54, 1.807) is 24.3 Å². The van der Waals surface area contributed by atoms with E-state index >= 15 is 0 Å². The Morgan fingerprint density at radius 2 is 2.05 bits per heavy atom. The summed E-state index contributed by atoms with van der Waals surface area (Å²) in [4.78, 5) is 16.1. The van der Waals surface area contributed by atoms with Crippen molar-refractivity contribution in [1.29, 1.82) is 0 Å². The van der Waals surface area contributed by atoms with Crippen LogP contribution in [0.2, 0.25) is 0 Å². The molecule has 0 saturated carbocycles. The highest BCUT2D eigenvalue weighted by Crippen LogP contribution is 2.29. The van der Waals surface area contributed by atoms with Gasteiger partial charge in [0.15, 0.2) is 0 Å². The van der Waals surface area contributed by atoms with Crippen LogP contribution < -0.4 is 0 Å². The SMILES string of the molecule is CCCC1C(c2ccc(O)cc2)=NOC1CC(=O)O. The molecule has 5 heteroatoms. The van der Waals surface area contributed by atoms with Crippen molar-refractivity contribution >= 4 is 11.7 Å². The minimum Gasteiger partial charge on any atom is -0.508 e. The standard InChI is InChI=1S/C14H17NO4/c1-2-3-11-12(8-13(17)18)19-15-14(11)9-4-6-10(16)7-5-9/h4-7,11-12,16H,2-3,8H2,1H3,(H,17,18). The summed E-state index contributed by atoms with van der Waals surface area (Å²) in [5.74, 6) is -0.698. The number of rotatable bonds is 5. The number of aliphatic carboxylic acids is 1. The number of carbonyl (C=O) groups is 1. The fraction of sp³-hybridized carbons (Fsp3) is 0.429. The number of nitrogens with zero attached hydrogens (tertiary/aromatic N) is 1. The molecule has 0 aliphatic carbocycles. The van der Waals surface area contributed by atoms with Crippen molar-refractivity contribution < 1.29 is 19.8 Å². The Kier molecular flexibility index (Phi) is 4.04. The van der Waals surface area contributed by atoms with Gasteiger partial charge in [-0.3, -0.25) is 4.79 Å². The maximum absolute atomic E-state index is 10.8. The molecule has 5 nitrogen and oxygen atoms in total. The van der Waals surface area contributed by atoms with E-state index in [1.165, 1.54) is 0 Å². The van der Waals surface area contributed by atoms with Gasteiger partial charge in [0.25, 0.3) is 0 Å². The number of phenols is 1. The van der Waals surface area contributed by atoms with E-state index in [1.807, 2.05) is 6.92 Å². The highest BCUT2D eigenvalue weighted by Gasteiger charge is 2.35. The molecule has 1 aromatic rings. The lowest BCUT2D eigenvalue weighted by atomic mass is 9.87. The zero-order chi connectivity index (χ0) is 13.8. The van der Waals surface area contributed by atoms with Crippen molar-refractivity contribution in [2.45, 2.75) is 32.3 Å². The summed E-state index contributed by atoms with van der Waals surface area (Å²) in [6.07, 6.45) is 1.32. The van der Waals surface area contributed by atoms with Gasteiger partial charge in [-0.2, -0.15) is 0 Å². The predicted molar refractivity (Wildman–Crippen MR) is 70.2 cm³/mol. The quantitative estimate of drug-likeness (QED) is 0.854. The van der Waals surface area contributed by atoms with E-state index in [9.17, 15) is 9.90 Å². The predicted octanol–water partition coefficient (Wildman–Crippen LogP) is 2.39. The molecule has 0 amide bonds. The Morgan fingerprint density at radius 1 is 1.37 bits per heavy atom. The smallest absolute Gasteiger partial charge is 0.307 e. The number of phenolic OH excluding ortho intramolecular Hbond substituents is 1. The monoisotopic (exact) mass is 263 g/mol. The highest BCUT2D eigenvalue weighted by molar-refractivity contribution is 6.03. The molecule has 0 spiro atoms. The van der Waals surface area contributed by atoms with Crippen LogP contribution in [0.1, 0.15) is 31.7 Å². The van der Waals surface area contributed by atoms with Gasteiger partial charge in [0.05, 0.1) is 12.1 Å². The molecular weight excluding hydrogens is 246 g/mol. The van der Waals surface area contributed by atoms with Crippen LogP contribution in [0.15, 0.2) is 29.4 Å². The summed E-state index contributed by atoms with van der Waals surface area (Å²) >= 11 is 0. The fourth-order valence-corrected chi connectivity index (χ4v) is 2.33. The van der Waals surface area contributed by atoms with Crippen LogP contribution in [-0.4, -0.2) is 28.0 Å². The van der Waals surface area contributed by atoms with E-state index in [-0.39, 0.29) is 18.1 Å². The zero-order valence-electron chi connectivity index (χ0n) is 10.7. The molecule has 1 aliphatic heterocycles. The molecule has 19 heavy (non-hydrogen) atoms. The van der Waals surface area contributed by atoms with Gasteiger partial charge in [-0.15, -0.1) is 0 Å². The largest absolute Gasteiger partial charge is 0.508 e. The van der Waals surface area contributed by atoms with Crippen molar-refractivity contribution in [1.82, 2.24) is 0 Å². The van der Waals surface area contributed by atoms with Crippen molar-refractivity contribution in [3.05, 3.63) is 29.8 Å². The maximum Gasteiger partial charge on any atom is 0.307 e. The molecule has 1 heterocycles. The average molecular weight is 263 g/mol. The van der Waals surface area contributed by atoms with E-state index in [0.717, 1.165) is 24.1 Å². The van der Waals surface area contributed by atoms with Crippen LogP contribution in [0, 0.1) is 5.92 Å². The molecule has 102 valence electrons. The number of carboxylic acids is 1. The van der Waals surface area contributed by atoms with Gasteiger partial charge in [-0.25, -0.2) is 0 Å². The third-order valence-corrected chi connectivity index (χ3v) is 3.23. The van der Waals surface area contributed by atoms with Gasteiger partial charge in [0, 0.05) is 5.92 Å². The second kappa shape index (κ2) is 5.73. The summed E-state index contributed by atoms with van der Waals surface area (Å²) in [5, 5.41) is 22.2. The van der Waals surface area contributed by atoms with E-state index < -0.39 is 12.1 Å². The van der Waals surface area contributed by atoms with Crippen molar-refractivity contribution in [3.8, 4) is 5.75 Å². The number of aromatic hydroxyl groups is 1. The summed E-state index contributed by atoms with van der Waals surface area (Å²) in [6, 6.07) is 6.71. The molecule has 0 aromatic heterocycles. The first-order valence-corrected chi connectivity index (χ1v) is 6.36. The second-order valence-corrected chi connectivity index (χ2v) is 4.66. The summed E-state index contributed by atoms with van der Waals surface area (Å²) in [7, 11) is 0. The number of hydrogen-bond acceptors (Lipinski definition) is 4. The Balaban J connectivity index is 2.19. The number of benzene rings is 1. The number of oxime groups is 1. The van der Waals surface area contributed by atoms with Gasteiger partial charge >= 0.3 is 5.97 Å². The highest BCUT2D eigenvalue weighted by atomic mass is 16.6. The molecule has 0 bridgehead atoms. The lowest BCUT2D eigenvalue weighted by Gasteiger charge is -2.16. The molecule has 2 N–H and O–H groups in total. The van der Waals surface area contributed by atoms with Crippen LogP contribution in [0.5, 0.6) is 5.75 Å². The Bertz CT molecular complexity index is 481. The van der Waals surface area contributed by atoms with E-state index in [4.69, 9.17) is 9.94 Å². The lowest BCUT2D eigenvalue weighted by Crippen LogP contribution is -2.26. The third-order valence-electron chi connectivity index (χ3n) is 3.23. The van der Waals surface area contributed by atoms with Crippen molar-refractivity contribution in [2.24, 2.45) is 11.1 Å². The molecule has 2 rings (SSSR count). The normalized spacial score (nSPS) is 21.8. The minimum absolute atomic E-state index is 0.00866. The molecule has 0 saturated heterocycles. The fourth-order valence-electron chi connectivity index (χ4n) is 2.33. The van der Waals surface area contributed by atoms with Gasteiger partial charge in [0.1, 0.15) is 11.9 Å². The number of hydrogen-bond donors (Lipinski definition) is 2. The van der Waals surface area contributed by atoms with Crippen molar-refractivity contribution in [3.63, 3.8) is 0 Å². The van der Waals surface area contributed by atoms with Crippen LogP contribution in [0.3, 0.4) is 0 Å². The lowest BCUT2D eigenvalue weighted by molar-refractivity contribution is -0.140. The molecular formula is C14H17NO4. The van der Waals surface area contributed by atoms with E-state index in [0.29, 0.717) is 0 Å². The van der Waals surface area contributed by atoms with Crippen LogP contribution in [0.4, 0.5) is 0 Å². The van der Waals surface area contributed by atoms with Crippen molar-refractivity contribution in [2.75, 3.05) is 0 Å². The summed E-state index contributed by atoms with van der Waals surface area (Å²) in [6.45, 7) is 2.05.